The maximum absolute atomic E-state index is 12.5. The van der Waals surface area contributed by atoms with Crippen LogP contribution < -0.4 is 4.72 Å². The average molecular weight is 385 g/mol. The Hall–Kier alpha value is -1.68. The third-order valence-electron chi connectivity index (χ3n) is 4.12. The van der Waals surface area contributed by atoms with Gasteiger partial charge in [0.2, 0.25) is 10.0 Å². The van der Waals surface area contributed by atoms with Crippen molar-refractivity contribution in [1.29, 1.82) is 0 Å². The minimum atomic E-state index is -3.50. The van der Waals surface area contributed by atoms with Gasteiger partial charge in [0.1, 0.15) is 0 Å². The van der Waals surface area contributed by atoms with Crippen LogP contribution in [0, 0.1) is 0 Å². The SMILES string of the molecule is COCCOCCS(=O)(=O)Nc1ccc(C(=O)N2CCN(C)CC2)cc1. The summed E-state index contributed by atoms with van der Waals surface area (Å²) in [6.45, 7) is 4.00. The number of hydrogen-bond acceptors (Lipinski definition) is 6. The van der Waals surface area contributed by atoms with Gasteiger partial charge in [-0.05, 0) is 31.3 Å². The largest absolute Gasteiger partial charge is 0.382 e. The van der Waals surface area contributed by atoms with E-state index >= 15 is 0 Å². The summed E-state index contributed by atoms with van der Waals surface area (Å²) in [5.41, 5.74) is 0.984. The van der Waals surface area contributed by atoms with Crippen LogP contribution in [0.4, 0.5) is 5.69 Å². The van der Waals surface area contributed by atoms with Crippen LogP contribution in [0.25, 0.3) is 0 Å². The van der Waals surface area contributed by atoms with E-state index in [9.17, 15) is 13.2 Å². The van der Waals surface area contributed by atoms with E-state index in [1.165, 1.54) is 0 Å². The van der Waals surface area contributed by atoms with Gasteiger partial charge in [0.15, 0.2) is 0 Å². The van der Waals surface area contributed by atoms with Crippen molar-refractivity contribution in [1.82, 2.24) is 9.80 Å². The van der Waals surface area contributed by atoms with Gasteiger partial charge in [0.05, 0.1) is 25.6 Å². The van der Waals surface area contributed by atoms with E-state index in [0.29, 0.717) is 37.6 Å². The Morgan fingerprint density at radius 2 is 1.73 bits per heavy atom. The van der Waals surface area contributed by atoms with Crippen LogP contribution in [0.15, 0.2) is 24.3 Å². The summed E-state index contributed by atoms with van der Waals surface area (Å²) in [7, 11) is 0.0902. The summed E-state index contributed by atoms with van der Waals surface area (Å²) < 4.78 is 36.5. The number of nitrogens with one attached hydrogen (secondary N) is 1. The molecule has 0 saturated carbocycles. The summed E-state index contributed by atoms with van der Waals surface area (Å²) in [5, 5.41) is 0. The van der Waals surface area contributed by atoms with Crippen molar-refractivity contribution in [3.8, 4) is 0 Å². The second-order valence-electron chi connectivity index (χ2n) is 6.20. The molecule has 2 rings (SSSR count). The van der Waals surface area contributed by atoms with E-state index in [0.717, 1.165) is 13.1 Å². The maximum atomic E-state index is 12.5. The molecule has 0 aliphatic carbocycles. The molecule has 0 spiro atoms. The van der Waals surface area contributed by atoms with Gasteiger partial charge >= 0.3 is 0 Å². The Morgan fingerprint density at radius 3 is 2.35 bits per heavy atom. The lowest BCUT2D eigenvalue weighted by atomic mass is 10.1. The topological polar surface area (TPSA) is 88.2 Å². The first-order valence-corrected chi connectivity index (χ1v) is 10.2. The Labute approximate surface area is 155 Å². The lowest BCUT2D eigenvalue weighted by molar-refractivity contribution is 0.0664. The standard InChI is InChI=1S/C17H27N3O5S/c1-19-7-9-20(10-8-19)17(21)15-3-5-16(6-4-15)18-26(22,23)14-13-25-12-11-24-2/h3-6,18H,7-14H2,1-2H3. The van der Waals surface area contributed by atoms with Crippen LogP contribution in [0.2, 0.25) is 0 Å². The normalized spacial score (nSPS) is 15.8. The fourth-order valence-electron chi connectivity index (χ4n) is 2.52. The first kappa shape index (κ1) is 20.6. The minimum absolute atomic E-state index is 0.0287. The number of likely N-dealkylation sites (N-methyl/N-ethyl adjacent to an activating group) is 1. The van der Waals surface area contributed by atoms with Gasteiger partial charge in [0, 0.05) is 44.5 Å². The van der Waals surface area contributed by atoms with Gasteiger partial charge in [-0.15, -0.1) is 0 Å². The Kier molecular flexibility index (Phi) is 7.83. The van der Waals surface area contributed by atoms with Gasteiger partial charge in [-0.1, -0.05) is 0 Å². The van der Waals surface area contributed by atoms with E-state index < -0.39 is 10.0 Å². The van der Waals surface area contributed by atoms with Crippen LogP contribution in [0.5, 0.6) is 0 Å². The van der Waals surface area contributed by atoms with E-state index in [1.807, 2.05) is 11.9 Å². The highest BCUT2D eigenvalue weighted by Crippen LogP contribution is 2.14. The van der Waals surface area contributed by atoms with Crippen LogP contribution >= 0.6 is 0 Å². The summed E-state index contributed by atoms with van der Waals surface area (Å²) >= 11 is 0. The highest BCUT2D eigenvalue weighted by Gasteiger charge is 2.20. The number of ether oxygens (including phenoxy) is 2. The Bertz CT molecular complexity index is 670. The molecule has 0 aromatic heterocycles. The number of carbonyl (C=O) groups excluding carboxylic acids is 1. The van der Waals surface area contributed by atoms with E-state index in [1.54, 1.807) is 31.4 Å². The van der Waals surface area contributed by atoms with Crippen molar-refractivity contribution in [2.75, 3.05) is 70.6 Å². The number of anilines is 1. The number of hydrogen-bond donors (Lipinski definition) is 1. The highest BCUT2D eigenvalue weighted by molar-refractivity contribution is 7.92. The molecule has 0 unspecified atom stereocenters. The molecule has 1 aromatic carbocycles. The van der Waals surface area contributed by atoms with Crippen molar-refractivity contribution in [3.63, 3.8) is 0 Å². The molecule has 9 heteroatoms. The number of amides is 1. The first-order valence-electron chi connectivity index (χ1n) is 8.56. The monoisotopic (exact) mass is 385 g/mol. The molecular formula is C17H27N3O5S. The van der Waals surface area contributed by atoms with Crippen molar-refractivity contribution in [2.24, 2.45) is 0 Å². The fourth-order valence-corrected chi connectivity index (χ4v) is 3.45. The zero-order chi connectivity index (χ0) is 19.0. The van der Waals surface area contributed by atoms with Gasteiger partial charge < -0.3 is 19.3 Å². The van der Waals surface area contributed by atoms with Crippen molar-refractivity contribution < 1.29 is 22.7 Å². The van der Waals surface area contributed by atoms with Gasteiger partial charge in [-0.25, -0.2) is 8.42 Å². The maximum Gasteiger partial charge on any atom is 0.253 e. The molecule has 1 N–H and O–H groups in total. The molecule has 0 bridgehead atoms. The molecule has 1 saturated heterocycles. The second-order valence-corrected chi connectivity index (χ2v) is 8.04. The molecule has 0 radical (unpaired) electrons. The molecule has 26 heavy (non-hydrogen) atoms. The number of carbonyl (C=O) groups is 1. The zero-order valence-electron chi connectivity index (χ0n) is 15.3. The molecular weight excluding hydrogens is 358 g/mol. The predicted molar refractivity (Wildman–Crippen MR) is 99.9 cm³/mol. The van der Waals surface area contributed by atoms with Crippen molar-refractivity contribution >= 4 is 21.6 Å². The number of sulfonamides is 1. The first-order chi connectivity index (χ1) is 12.4. The molecule has 0 atom stereocenters. The zero-order valence-corrected chi connectivity index (χ0v) is 16.1. The average Bonchev–Trinajstić information content (AvgIpc) is 2.62. The molecule has 1 aromatic rings. The fraction of sp³-hybridized carbons (Fsp3) is 0.588. The number of methoxy groups -OCH3 is 1. The lowest BCUT2D eigenvalue weighted by Crippen LogP contribution is -2.47. The van der Waals surface area contributed by atoms with Gasteiger partial charge in [-0.2, -0.15) is 0 Å². The number of nitrogens with zero attached hydrogens (tertiary/aromatic N) is 2. The quantitative estimate of drug-likeness (QED) is 0.622. The van der Waals surface area contributed by atoms with Crippen LogP contribution in [0.3, 0.4) is 0 Å². The summed E-state index contributed by atoms with van der Waals surface area (Å²) in [4.78, 5) is 16.5. The number of piperazine rings is 1. The summed E-state index contributed by atoms with van der Waals surface area (Å²) in [6.07, 6.45) is 0. The number of rotatable bonds is 9. The van der Waals surface area contributed by atoms with Crippen LogP contribution in [-0.2, 0) is 19.5 Å². The summed E-state index contributed by atoms with van der Waals surface area (Å²) in [6, 6.07) is 6.50. The summed E-state index contributed by atoms with van der Waals surface area (Å²) in [5.74, 6) is -0.169. The van der Waals surface area contributed by atoms with E-state index in [2.05, 4.69) is 9.62 Å². The third kappa shape index (κ3) is 6.56. The van der Waals surface area contributed by atoms with Crippen LogP contribution in [-0.4, -0.2) is 90.0 Å². The molecule has 1 fully saturated rings. The lowest BCUT2D eigenvalue weighted by Gasteiger charge is -2.32. The van der Waals surface area contributed by atoms with E-state index in [4.69, 9.17) is 9.47 Å². The smallest absolute Gasteiger partial charge is 0.253 e. The van der Waals surface area contributed by atoms with Crippen molar-refractivity contribution in [3.05, 3.63) is 29.8 Å². The molecule has 1 heterocycles. The molecule has 1 amide bonds. The van der Waals surface area contributed by atoms with Gasteiger partial charge in [-0.3, -0.25) is 9.52 Å². The number of benzene rings is 1. The molecule has 8 nitrogen and oxygen atoms in total. The molecule has 146 valence electrons. The minimum Gasteiger partial charge on any atom is -0.382 e. The Morgan fingerprint density at radius 1 is 1.08 bits per heavy atom. The van der Waals surface area contributed by atoms with Crippen LogP contribution in [0.1, 0.15) is 10.4 Å². The van der Waals surface area contributed by atoms with Crippen molar-refractivity contribution in [2.45, 2.75) is 0 Å². The third-order valence-corrected chi connectivity index (χ3v) is 5.37. The predicted octanol–water partition coefficient (Wildman–Crippen LogP) is 0.479. The molecule has 1 aliphatic rings. The highest BCUT2D eigenvalue weighted by atomic mass is 32.2. The van der Waals surface area contributed by atoms with E-state index in [-0.39, 0.29) is 18.3 Å². The van der Waals surface area contributed by atoms with Gasteiger partial charge in [0.25, 0.3) is 5.91 Å². The second kappa shape index (κ2) is 9.86. The Balaban J connectivity index is 1.85. The molecule has 1 aliphatic heterocycles.